The number of carbonyl (C=O) groups is 5. The number of rotatable bonds is 4. The van der Waals surface area contributed by atoms with E-state index in [0.717, 1.165) is 18.9 Å². The van der Waals surface area contributed by atoms with Crippen LogP contribution in [-0.2, 0) is 32.0 Å². The molecule has 0 aromatic heterocycles. The zero-order valence-electron chi connectivity index (χ0n) is 22.2. The molecule has 2 N–H and O–H groups in total. The molecule has 2 saturated carbocycles. The summed E-state index contributed by atoms with van der Waals surface area (Å²) >= 11 is 0. The Morgan fingerprint density at radius 1 is 1.14 bits per heavy atom. The maximum absolute atomic E-state index is 14.2. The lowest BCUT2D eigenvalue weighted by Crippen LogP contribution is -2.76. The Labute approximate surface area is 211 Å². The van der Waals surface area contributed by atoms with Crippen molar-refractivity contribution in [1.29, 1.82) is 0 Å². The van der Waals surface area contributed by atoms with Crippen LogP contribution in [-0.4, -0.2) is 44.7 Å². The average molecular weight is 497 g/mol. The number of phenolic OH excluding ortho intramolecular Hbond substituents is 1. The highest BCUT2D eigenvalue weighted by Gasteiger charge is 2.76. The number of hydrogen-bond acceptors (Lipinski definition) is 7. The van der Waals surface area contributed by atoms with Crippen molar-refractivity contribution in [3.63, 3.8) is 0 Å². The maximum atomic E-state index is 14.2. The number of aromatic hydroxyl groups is 1. The zero-order valence-corrected chi connectivity index (χ0v) is 22.2. The van der Waals surface area contributed by atoms with Gasteiger partial charge in [0.05, 0.1) is 11.5 Å². The first-order chi connectivity index (χ1) is 16.6. The van der Waals surface area contributed by atoms with Gasteiger partial charge in [0, 0.05) is 11.3 Å². The highest BCUT2D eigenvalue weighted by atomic mass is 16.3. The normalized spacial score (nSPS) is 36.0. The molecule has 36 heavy (non-hydrogen) atoms. The van der Waals surface area contributed by atoms with Crippen LogP contribution in [0, 0.1) is 41.4 Å². The van der Waals surface area contributed by atoms with Crippen molar-refractivity contribution < 1.29 is 34.2 Å². The summed E-state index contributed by atoms with van der Waals surface area (Å²) in [7, 11) is 0. The summed E-state index contributed by atoms with van der Waals surface area (Å²) in [5.41, 5.74) is -2.92. The molecule has 3 unspecified atom stereocenters. The minimum atomic E-state index is -2.66. The third-order valence-electron chi connectivity index (χ3n) is 9.20. The van der Waals surface area contributed by atoms with Crippen molar-refractivity contribution in [1.82, 2.24) is 0 Å². The van der Waals surface area contributed by atoms with Crippen LogP contribution >= 0.6 is 0 Å². The molecule has 7 heteroatoms. The van der Waals surface area contributed by atoms with Crippen molar-refractivity contribution in [2.45, 2.75) is 79.8 Å². The molecule has 0 heterocycles. The monoisotopic (exact) mass is 496 g/mol. The molecule has 4 rings (SSSR count). The molecule has 3 aliphatic carbocycles. The lowest BCUT2D eigenvalue weighted by atomic mass is 9.40. The van der Waals surface area contributed by atoms with Crippen LogP contribution in [0.15, 0.2) is 6.07 Å². The van der Waals surface area contributed by atoms with Gasteiger partial charge in [0.15, 0.2) is 28.7 Å². The SMILES string of the molecule is CCCc1cc(C)c2c(c1O)C(=O)C1C(=O)[C@@]3(O)C(=O)C(C(C)=O)C(=O)C(C(C)C)[C@@]3(C)C[C@@]1(C)C2. The molecule has 194 valence electrons. The highest BCUT2D eigenvalue weighted by molar-refractivity contribution is 6.32. The van der Waals surface area contributed by atoms with Gasteiger partial charge < -0.3 is 10.2 Å². The predicted octanol–water partition coefficient (Wildman–Crippen LogP) is 3.35. The van der Waals surface area contributed by atoms with Gasteiger partial charge in [-0.25, -0.2) is 0 Å². The van der Waals surface area contributed by atoms with E-state index in [0.29, 0.717) is 17.5 Å². The Hall–Kier alpha value is -2.67. The third-order valence-corrected chi connectivity index (χ3v) is 9.20. The Bertz CT molecular complexity index is 1230. The quantitative estimate of drug-likeness (QED) is 0.612. The van der Waals surface area contributed by atoms with E-state index in [9.17, 15) is 34.2 Å². The van der Waals surface area contributed by atoms with Gasteiger partial charge in [-0.3, -0.25) is 24.0 Å². The lowest BCUT2D eigenvalue weighted by molar-refractivity contribution is -0.205. The summed E-state index contributed by atoms with van der Waals surface area (Å²) in [6.07, 6.45) is 1.66. The molecular weight excluding hydrogens is 460 g/mol. The van der Waals surface area contributed by atoms with Gasteiger partial charge in [0.1, 0.15) is 17.5 Å². The van der Waals surface area contributed by atoms with Crippen LogP contribution in [0.1, 0.15) is 81.4 Å². The van der Waals surface area contributed by atoms with Crippen LogP contribution in [0.3, 0.4) is 0 Å². The molecule has 6 atom stereocenters. The Morgan fingerprint density at radius 2 is 1.75 bits per heavy atom. The number of phenols is 1. The van der Waals surface area contributed by atoms with Crippen molar-refractivity contribution in [2.24, 2.45) is 34.5 Å². The standard InChI is InChI=1S/C29H36O7/c1-8-9-16-10-14(4)17-11-27(6)12-28(7)20(13(2)3)23(32)18(15(5)30)25(34)29(28,36)26(35)21(27)24(33)19(17)22(16)31/h10,13,18,20-21,31,36H,8-9,11-12H2,1-7H3/t18?,20?,21?,27-,28-,29+/m1/s1. The summed E-state index contributed by atoms with van der Waals surface area (Å²) in [4.78, 5) is 67.7. The molecule has 0 amide bonds. The molecule has 7 nitrogen and oxygen atoms in total. The minimum absolute atomic E-state index is 0.0694. The first-order valence-corrected chi connectivity index (χ1v) is 12.8. The second-order valence-electron chi connectivity index (χ2n) is 12.1. The molecule has 1 aromatic carbocycles. The number of aryl methyl sites for hydroxylation is 2. The Balaban J connectivity index is 1.98. The van der Waals surface area contributed by atoms with Crippen molar-refractivity contribution >= 4 is 28.9 Å². The van der Waals surface area contributed by atoms with Crippen molar-refractivity contribution in [3.8, 4) is 5.75 Å². The topological polar surface area (TPSA) is 126 Å². The summed E-state index contributed by atoms with van der Waals surface area (Å²) in [6, 6.07) is 1.87. The third kappa shape index (κ3) is 3.11. The lowest BCUT2D eigenvalue weighted by Gasteiger charge is -2.62. The number of ketones is 5. The number of fused-ring (bicyclic) bond motifs is 3. The molecule has 0 saturated heterocycles. The van der Waals surface area contributed by atoms with Crippen molar-refractivity contribution in [2.75, 3.05) is 0 Å². The molecule has 1 aromatic rings. The molecular formula is C29H36O7. The fourth-order valence-electron chi connectivity index (χ4n) is 7.91. The van der Waals surface area contributed by atoms with E-state index in [1.54, 1.807) is 27.7 Å². The fraction of sp³-hybridized carbons (Fsp3) is 0.621. The van der Waals surface area contributed by atoms with E-state index < -0.39 is 63.1 Å². The molecule has 0 radical (unpaired) electrons. The van der Waals surface area contributed by atoms with Gasteiger partial charge >= 0.3 is 0 Å². The maximum Gasteiger partial charge on any atom is 0.190 e. The van der Waals surface area contributed by atoms with Crippen LogP contribution in [0.4, 0.5) is 0 Å². The average Bonchev–Trinajstić information content (AvgIpc) is 2.74. The van der Waals surface area contributed by atoms with Crippen molar-refractivity contribution in [3.05, 3.63) is 28.3 Å². The molecule has 0 bridgehead atoms. The van der Waals surface area contributed by atoms with Gasteiger partial charge in [0.25, 0.3) is 0 Å². The van der Waals surface area contributed by atoms with Gasteiger partial charge in [-0.1, -0.05) is 47.1 Å². The van der Waals surface area contributed by atoms with Crippen LogP contribution in [0.5, 0.6) is 5.75 Å². The Morgan fingerprint density at radius 3 is 2.28 bits per heavy atom. The number of hydrogen-bond donors (Lipinski definition) is 2. The number of aliphatic hydroxyl groups is 1. The second kappa shape index (κ2) is 8.17. The van der Waals surface area contributed by atoms with E-state index in [4.69, 9.17) is 0 Å². The van der Waals surface area contributed by atoms with E-state index in [1.807, 2.05) is 19.9 Å². The number of Topliss-reactive ketones (excluding diaryl/α,β-unsaturated/α-hetero) is 5. The largest absolute Gasteiger partial charge is 0.507 e. The summed E-state index contributed by atoms with van der Waals surface area (Å²) in [5, 5.41) is 23.0. The summed E-state index contributed by atoms with van der Waals surface area (Å²) in [6.45, 7) is 11.9. The zero-order chi connectivity index (χ0) is 27.1. The Kier molecular flexibility index (Phi) is 5.99. The smallest absolute Gasteiger partial charge is 0.190 e. The van der Waals surface area contributed by atoms with E-state index in [1.165, 1.54) is 0 Å². The van der Waals surface area contributed by atoms with Gasteiger partial charge in [-0.15, -0.1) is 0 Å². The molecule has 0 spiro atoms. The minimum Gasteiger partial charge on any atom is -0.507 e. The van der Waals surface area contributed by atoms with Crippen LogP contribution in [0.2, 0.25) is 0 Å². The summed E-state index contributed by atoms with van der Waals surface area (Å²) < 4.78 is 0. The van der Waals surface area contributed by atoms with Crippen LogP contribution in [0.25, 0.3) is 0 Å². The predicted molar refractivity (Wildman–Crippen MR) is 132 cm³/mol. The first-order valence-electron chi connectivity index (χ1n) is 12.8. The molecule has 2 fully saturated rings. The fourth-order valence-corrected chi connectivity index (χ4v) is 7.91. The van der Waals surface area contributed by atoms with E-state index >= 15 is 0 Å². The number of carbonyl (C=O) groups excluding carboxylic acids is 5. The molecule has 3 aliphatic rings. The van der Waals surface area contributed by atoms with Gasteiger partial charge in [0.2, 0.25) is 0 Å². The highest BCUT2D eigenvalue weighted by Crippen LogP contribution is 2.63. The first kappa shape index (κ1) is 26.4. The number of benzene rings is 1. The van der Waals surface area contributed by atoms with Crippen LogP contribution < -0.4 is 0 Å². The summed E-state index contributed by atoms with van der Waals surface area (Å²) in [5.74, 6) is -8.50. The van der Waals surface area contributed by atoms with E-state index in [-0.39, 0.29) is 30.1 Å². The van der Waals surface area contributed by atoms with Gasteiger partial charge in [-0.05, 0) is 61.1 Å². The molecule has 0 aliphatic heterocycles. The second-order valence-corrected chi connectivity index (χ2v) is 12.1. The van der Waals surface area contributed by atoms with Gasteiger partial charge in [-0.2, -0.15) is 0 Å². The van der Waals surface area contributed by atoms with E-state index in [2.05, 4.69) is 0 Å².